The van der Waals surface area contributed by atoms with Crippen molar-refractivity contribution in [1.29, 1.82) is 0 Å². The van der Waals surface area contributed by atoms with Crippen LogP contribution in [-0.4, -0.2) is 16.3 Å². The molecule has 0 saturated carbocycles. The van der Waals surface area contributed by atoms with Gasteiger partial charge in [-0.15, -0.1) is 0 Å². The van der Waals surface area contributed by atoms with Gasteiger partial charge in [-0.1, -0.05) is 15.9 Å². The summed E-state index contributed by atoms with van der Waals surface area (Å²) < 4.78 is 4.00. The monoisotopic (exact) mass is 343 g/mol. The summed E-state index contributed by atoms with van der Waals surface area (Å²) in [4.78, 5) is 0. The van der Waals surface area contributed by atoms with Crippen LogP contribution in [0, 0.1) is 0 Å². The number of nitrogens with zero attached hydrogens (tertiary/aromatic N) is 2. The predicted molar refractivity (Wildman–Crippen MR) is 72.6 cm³/mol. The molecule has 2 aromatic rings. The number of rotatable bonds is 4. The number of hydrogen-bond donors (Lipinski definition) is 1. The quantitative estimate of drug-likeness (QED) is 0.919. The van der Waals surface area contributed by atoms with Gasteiger partial charge in [-0.25, -0.2) is 0 Å². The van der Waals surface area contributed by atoms with Crippen molar-refractivity contribution in [1.82, 2.24) is 9.78 Å². The van der Waals surface area contributed by atoms with Crippen LogP contribution in [-0.2, 0) is 6.54 Å². The molecule has 1 heterocycles. The zero-order chi connectivity index (χ0) is 11.4. The van der Waals surface area contributed by atoms with E-state index in [1.165, 1.54) is 0 Å². The Labute approximate surface area is 111 Å². The van der Waals surface area contributed by atoms with Crippen LogP contribution in [0.15, 0.2) is 45.6 Å². The maximum atomic E-state index is 4.18. The van der Waals surface area contributed by atoms with Crippen molar-refractivity contribution in [2.75, 3.05) is 11.9 Å². The number of aromatic nitrogens is 2. The van der Waals surface area contributed by atoms with Crippen LogP contribution in [0.5, 0.6) is 0 Å². The molecular weight excluding hydrogens is 334 g/mol. The van der Waals surface area contributed by atoms with Crippen LogP contribution >= 0.6 is 31.9 Å². The molecule has 0 fully saturated rings. The molecule has 0 saturated heterocycles. The van der Waals surface area contributed by atoms with E-state index in [2.05, 4.69) is 42.3 Å². The molecule has 0 aliphatic heterocycles. The highest BCUT2D eigenvalue weighted by Crippen LogP contribution is 2.13. The molecule has 1 aromatic heterocycles. The molecule has 0 atom stereocenters. The van der Waals surface area contributed by atoms with Crippen molar-refractivity contribution in [2.24, 2.45) is 0 Å². The zero-order valence-electron chi connectivity index (χ0n) is 8.53. The van der Waals surface area contributed by atoms with Gasteiger partial charge in [0.15, 0.2) is 0 Å². The highest BCUT2D eigenvalue weighted by molar-refractivity contribution is 9.10. The van der Waals surface area contributed by atoms with Gasteiger partial charge in [-0.2, -0.15) is 5.10 Å². The van der Waals surface area contributed by atoms with Crippen molar-refractivity contribution in [3.8, 4) is 0 Å². The van der Waals surface area contributed by atoms with E-state index in [-0.39, 0.29) is 0 Å². The van der Waals surface area contributed by atoms with Crippen LogP contribution in [0.1, 0.15) is 0 Å². The van der Waals surface area contributed by atoms with Gasteiger partial charge in [0, 0.05) is 22.9 Å². The normalized spacial score (nSPS) is 10.4. The third kappa shape index (κ3) is 3.35. The number of halogens is 2. The molecule has 0 amide bonds. The molecular formula is C11H11Br2N3. The highest BCUT2D eigenvalue weighted by Gasteiger charge is 1.95. The van der Waals surface area contributed by atoms with Crippen LogP contribution < -0.4 is 5.32 Å². The lowest BCUT2D eigenvalue weighted by molar-refractivity contribution is 0.637. The Balaban J connectivity index is 1.82. The second-order valence-corrected chi connectivity index (χ2v) is 5.19. The second kappa shape index (κ2) is 5.50. The molecule has 0 aliphatic rings. The van der Waals surface area contributed by atoms with Gasteiger partial charge in [0.25, 0.3) is 0 Å². The second-order valence-electron chi connectivity index (χ2n) is 3.36. The molecule has 16 heavy (non-hydrogen) atoms. The zero-order valence-corrected chi connectivity index (χ0v) is 11.7. The highest BCUT2D eigenvalue weighted by atomic mass is 79.9. The average Bonchev–Trinajstić information content (AvgIpc) is 2.67. The minimum absolute atomic E-state index is 0.849. The summed E-state index contributed by atoms with van der Waals surface area (Å²) in [6, 6.07) is 8.13. The van der Waals surface area contributed by atoms with E-state index in [1.54, 1.807) is 6.20 Å². The molecule has 2 rings (SSSR count). The lowest BCUT2D eigenvalue weighted by atomic mass is 10.3. The fourth-order valence-corrected chi connectivity index (χ4v) is 1.94. The molecule has 0 bridgehead atoms. The molecule has 0 radical (unpaired) electrons. The molecule has 1 aromatic carbocycles. The standard InChI is InChI=1S/C11H11Br2N3/c12-9-1-3-11(4-2-9)14-5-6-16-8-10(13)7-15-16/h1-4,7-8,14H,5-6H2. The lowest BCUT2D eigenvalue weighted by Gasteiger charge is -2.06. The average molecular weight is 345 g/mol. The van der Waals surface area contributed by atoms with Crippen LogP contribution in [0.25, 0.3) is 0 Å². The number of anilines is 1. The molecule has 0 unspecified atom stereocenters. The van der Waals surface area contributed by atoms with E-state index in [4.69, 9.17) is 0 Å². The molecule has 1 N–H and O–H groups in total. The van der Waals surface area contributed by atoms with E-state index < -0.39 is 0 Å². The van der Waals surface area contributed by atoms with Crippen molar-refractivity contribution in [2.45, 2.75) is 6.54 Å². The minimum Gasteiger partial charge on any atom is -0.383 e. The van der Waals surface area contributed by atoms with Crippen LogP contribution in [0.3, 0.4) is 0 Å². The molecule has 3 nitrogen and oxygen atoms in total. The summed E-state index contributed by atoms with van der Waals surface area (Å²) in [6.45, 7) is 1.71. The Hall–Kier alpha value is -0.810. The van der Waals surface area contributed by atoms with Crippen LogP contribution in [0.2, 0.25) is 0 Å². The molecule has 84 valence electrons. The SMILES string of the molecule is Brc1ccc(NCCn2cc(Br)cn2)cc1. The maximum absolute atomic E-state index is 4.18. The topological polar surface area (TPSA) is 29.9 Å². The summed E-state index contributed by atoms with van der Waals surface area (Å²) in [5.74, 6) is 0. The first kappa shape index (κ1) is 11.7. The van der Waals surface area contributed by atoms with Crippen molar-refractivity contribution in [3.63, 3.8) is 0 Å². The van der Waals surface area contributed by atoms with Gasteiger partial charge >= 0.3 is 0 Å². The van der Waals surface area contributed by atoms with E-state index >= 15 is 0 Å². The van der Waals surface area contributed by atoms with Gasteiger partial charge in [-0.3, -0.25) is 4.68 Å². The lowest BCUT2D eigenvalue weighted by Crippen LogP contribution is -2.10. The number of benzene rings is 1. The number of nitrogens with one attached hydrogen (secondary N) is 1. The van der Waals surface area contributed by atoms with Gasteiger partial charge in [0.05, 0.1) is 17.2 Å². The fraction of sp³-hybridized carbons (Fsp3) is 0.182. The first-order chi connectivity index (χ1) is 7.74. The summed E-state index contributed by atoms with van der Waals surface area (Å²) in [5.41, 5.74) is 1.12. The molecule has 0 aliphatic carbocycles. The summed E-state index contributed by atoms with van der Waals surface area (Å²) in [5, 5.41) is 7.52. The van der Waals surface area contributed by atoms with E-state index in [0.717, 1.165) is 27.7 Å². The maximum Gasteiger partial charge on any atom is 0.0632 e. The van der Waals surface area contributed by atoms with Gasteiger partial charge in [0.2, 0.25) is 0 Å². The smallest absolute Gasteiger partial charge is 0.0632 e. The molecule has 0 spiro atoms. The van der Waals surface area contributed by atoms with Crippen molar-refractivity contribution in [3.05, 3.63) is 45.6 Å². The number of hydrogen-bond acceptors (Lipinski definition) is 2. The summed E-state index contributed by atoms with van der Waals surface area (Å²) >= 11 is 6.77. The van der Waals surface area contributed by atoms with E-state index in [1.807, 2.05) is 35.1 Å². The first-order valence-corrected chi connectivity index (χ1v) is 6.50. The largest absolute Gasteiger partial charge is 0.383 e. The minimum atomic E-state index is 0.849. The van der Waals surface area contributed by atoms with E-state index in [9.17, 15) is 0 Å². The van der Waals surface area contributed by atoms with Crippen molar-refractivity contribution < 1.29 is 0 Å². The third-order valence-corrected chi connectivity index (χ3v) is 3.05. The molecule has 5 heteroatoms. The first-order valence-electron chi connectivity index (χ1n) is 4.91. The Morgan fingerprint density at radius 3 is 2.50 bits per heavy atom. The van der Waals surface area contributed by atoms with Crippen LogP contribution in [0.4, 0.5) is 5.69 Å². The predicted octanol–water partition coefficient (Wildman–Crippen LogP) is 3.52. The van der Waals surface area contributed by atoms with Gasteiger partial charge in [-0.05, 0) is 40.2 Å². The van der Waals surface area contributed by atoms with Gasteiger partial charge < -0.3 is 5.32 Å². The van der Waals surface area contributed by atoms with Crippen molar-refractivity contribution >= 4 is 37.5 Å². The fourth-order valence-electron chi connectivity index (χ4n) is 1.34. The Bertz CT molecular complexity index is 451. The third-order valence-electron chi connectivity index (χ3n) is 2.12. The Morgan fingerprint density at radius 2 is 1.88 bits per heavy atom. The summed E-state index contributed by atoms with van der Waals surface area (Å²) in [6.07, 6.45) is 3.75. The van der Waals surface area contributed by atoms with Gasteiger partial charge in [0.1, 0.15) is 0 Å². The van der Waals surface area contributed by atoms with E-state index in [0.29, 0.717) is 0 Å². The Kier molecular flexibility index (Phi) is 4.01. The summed E-state index contributed by atoms with van der Waals surface area (Å²) in [7, 11) is 0. The Morgan fingerprint density at radius 1 is 1.12 bits per heavy atom.